The lowest BCUT2D eigenvalue weighted by molar-refractivity contribution is -0.127. The molecule has 0 atom stereocenters. The molecule has 1 aromatic heterocycles. The second kappa shape index (κ2) is 6.43. The maximum absolute atomic E-state index is 12.2. The Morgan fingerprint density at radius 2 is 1.95 bits per heavy atom. The molecule has 0 aliphatic rings. The molecule has 1 aromatic rings. The van der Waals surface area contributed by atoms with E-state index < -0.39 is 17.5 Å². The normalized spacial score (nSPS) is 10.9. The Hall–Kier alpha value is -2.31. The first-order valence-electron chi connectivity index (χ1n) is 6.54. The van der Waals surface area contributed by atoms with E-state index in [0.717, 1.165) is 0 Å². The number of anilines is 1. The standard InChI is InChI=1S/C14H20N2O5/c1-6-20-11-10(13(19)21-14(3,4)5)8(2)15-12(11)16-9(18)7-17/h7,15H,6H2,1-5H3,(H,16,18). The molecule has 0 aromatic carbocycles. The molecule has 7 nitrogen and oxygen atoms in total. The van der Waals surface area contributed by atoms with Crippen LogP contribution >= 0.6 is 0 Å². The number of nitrogens with one attached hydrogen (secondary N) is 2. The summed E-state index contributed by atoms with van der Waals surface area (Å²) in [5.41, 5.74) is 0.0260. The molecule has 0 unspecified atom stereocenters. The molecule has 0 fully saturated rings. The molecule has 21 heavy (non-hydrogen) atoms. The van der Waals surface area contributed by atoms with Gasteiger partial charge < -0.3 is 19.8 Å². The zero-order valence-electron chi connectivity index (χ0n) is 12.8. The third-order valence-corrected chi connectivity index (χ3v) is 2.39. The highest BCUT2D eigenvalue weighted by atomic mass is 16.6. The van der Waals surface area contributed by atoms with Gasteiger partial charge in [-0.1, -0.05) is 0 Å². The van der Waals surface area contributed by atoms with Crippen molar-refractivity contribution in [1.82, 2.24) is 4.98 Å². The van der Waals surface area contributed by atoms with Crippen LogP contribution in [0.15, 0.2) is 0 Å². The second-order valence-corrected chi connectivity index (χ2v) is 5.37. The van der Waals surface area contributed by atoms with Crippen LogP contribution in [-0.4, -0.2) is 35.4 Å². The number of carbonyl (C=O) groups is 3. The third kappa shape index (κ3) is 4.34. The predicted molar refractivity (Wildman–Crippen MR) is 76.6 cm³/mol. The fraction of sp³-hybridized carbons (Fsp3) is 0.500. The van der Waals surface area contributed by atoms with Crippen molar-refractivity contribution in [2.45, 2.75) is 40.2 Å². The van der Waals surface area contributed by atoms with Crippen LogP contribution in [0.5, 0.6) is 5.75 Å². The van der Waals surface area contributed by atoms with E-state index in [-0.39, 0.29) is 30.0 Å². The molecular formula is C14H20N2O5. The van der Waals surface area contributed by atoms with Gasteiger partial charge >= 0.3 is 5.97 Å². The van der Waals surface area contributed by atoms with Crippen LogP contribution in [0, 0.1) is 6.92 Å². The van der Waals surface area contributed by atoms with Crippen molar-refractivity contribution >= 4 is 24.0 Å². The summed E-state index contributed by atoms with van der Waals surface area (Å²) in [6.45, 7) is 8.94. The SMILES string of the molecule is CCOc1c(NC(=O)C=O)[nH]c(C)c1C(=O)OC(C)(C)C. The van der Waals surface area contributed by atoms with Gasteiger partial charge in [-0.3, -0.25) is 9.59 Å². The second-order valence-electron chi connectivity index (χ2n) is 5.37. The van der Waals surface area contributed by atoms with Crippen molar-refractivity contribution in [2.75, 3.05) is 11.9 Å². The molecule has 0 bridgehead atoms. The number of aldehydes is 1. The Labute approximate surface area is 123 Å². The predicted octanol–water partition coefficient (Wildman–Crippen LogP) is 1.81. The number of carbonyl (C=O) groups excluding carboxylic acids is 3. The minimum absolute atomic E-state index is 0.138. The Morgan fingerprint density at radius 1 is 1.33 bits per heavy atom. The van der Waals surface area contributed by atoms with Crippen LogP contribution in [0.1, 0.15) is 43.7 Å². The highest BCUT2D eigenvalue weighted by Gasteiger charge is 2.27. The molecule has 116 valence electrons. The van der Waals surface area contributed by atoms with Crippen molar-refractivity contribution in [3.05, 3.63) is 11.3 Å². The lowest BCUT2D eigenvalue weighted by atomic mass is 10.1. The summed E-state index contributed by atoms with van der Waals surface area (Å²) in [6.07, 6.45) is 0.138. The van der Waals surface area contributed by atoms with Gasteiger partial charge in [0.1, 0.15) is 11.2 Å². The maximum Gasteiger partial charge on any atom is 0.344 e. The molecule has 1 heterocycles. The summed E-state index contributed by atoms with van der Waals surface area (Å²) in [4.78, 5) is 36.7. The van der Waals surface area contributed by atoms with Crippen molar-refractivity contribution < 1.29 is 23.9 Å². The monoisotopic (exact) mass is 296 g/mol. The molecule has 0 saturated carbocycles. The summed E-state index contributed by atoms with van der Waals surface area (Å²) in [6, 6.07) is 0. The molecular weight excluding hydrogens is 276 g/mol. The smallest absolute Gasteiger partial charge is 0.344 e. The first-order chi connectivity index (χ1) is 9.69. The molecule has 1 amide bonds. The summed E-state index contributed by atoms with van der Waals surface area (Å²) in [7, 11) is 0. The van der Waals surface area contributed by atoms with Crippen molar-refractivity contribution in [3.8, 4) is 5.75 Å². The number of H-pyrrole nitrogens is 1. The van der Waals surface area contributed by atoms with E-state index in [2.05, 4.69) is 10.3 Å². The van der Waals surface area contributed by atoms with Gasteiger partial charge in [0.25, 0.3) is 5.91 Å². The summed E-state index contributed by atoms with van der Waals surface area (Å²) >= 11 is 0. The lowest BCUT2D eigenvalue weighted by Crippen LogP contribution is -2.24. The largest absolute Gasteiger partial charge is 0.489 e. The molecule has 7 heteroatoms. The number of hydrogen-bond acceptors (Lipinski definition) is 5. The van der Waals surface area contributed by atoms with E-state index >= 15 is 0 Å². The number of esters is 1. The van der Waals surface area contributed by atoms with Gasteiger partial charge in [0.15, 0.2) is 11.6 Å². The van der Waals surface area contributed by atoms with Crippen molar-refractivity contribution in [3.63, 3.8) is 0 Å². The van der Waals surface area contributed by atoms with Gasteiger partial charge in [-0.15, -0.1) is 0 Å². The Kier molecular flexibility index (Phi) is 5.12. The molecule has 2 N–H and O–H groups in total. The number of rotatable bonds is 5. The van der Waals surface area contributed by atoms with E-state index in [1.165, 1.54) is 0 Å². The number of aryl methyl sites for hydroxylation is 1. The molecule has 0 aliphatic carbocycles. The van der Waals surface area contributed by atoms with Gasteiger partial charge in [-0.05, 0) is 34.6 Å². The number of aromatic nitrogens is 1. The quantitative estimate of drug-likeness (QED) is 0.490. The lowest BCUT2D eigenvalue weighted by Gasteiger charge is -2.20. The number of ether oxygens (including phenoxy) is 2. The van der Waals surface area contributed by atoms with Crippen LogP contribution in [0.2, 0.25) is 0 Å². The van der Waals surface area contributed by atoms with E-state index in [9.17, 15) is 14.4 Å². The van der Waals surface area contributed by atoms with Crippen LogP contribution in [0.3, 0.4) is 0 Å². The van der Waals surface area contributed by atoms with E-state index in [1.807, 2.05) is 0 Å². The van der Waals surface area contributed by atoms with Crippen molar-refractivity contribution in [1.29, 1.82) is 0 Å². The zero-order chi connectivity index (χ0) is 16.2. The summed E-state index contributed by atoms with van der Waals surface area (Å²) < 4.78 is 10.7. The number of amides is 1. The van der Waals surface area contributed by atoms with Gasteiger partial charge in [0, 0.05) is 5.69 Å². The summed E-state index contributed by atoms with van der Waals surface area (Å²) in [5, 5.41) is 2.33. The highest BCUT2D eigenvalue weighted by Crippen LogP contribution is 2.33. The van der Waals surface area contributed by atoms with Crippen LogP contribution in [0.4, 0.5) is 5.82 Å². The van der Waals surface area contributed by atoms with Gasteiger partial charge in [-0.25, -0.2) is 4.79 Å². The first-order valence-corrected chi connectivity index (χ1v) is 6.54. The van der Waals surface area contributed by atoms with Gasteiger partial charge in [0.2, 0.25) is 6.29 Å². The minimum Gasteiger partial charge on any atom is -0.489 e. The van der Waals surface area contributed by atoms with E-state index in [0.29, 0.717) is 5.69 Å². The van der Waals surface area contributed by atoms with Crippen LogP contribution in [-0.2, 0) is 14.3 Å². The Morgan fingerprint density at radius 3 is 2.43 bits per heavy atom. The van der Waals surface area contributed by atoms with E-state index in [1.54, 1.807) is 34.6 Å². The first kappa shape index (κ1) is 16.7. The van der Waals surface area contributed by atoms with Crippen LogP contribution < -0.4 is 10.1 Å². The fourth-order valence-electron chi connectivity index (χ4n) is 1.71. The third-order valence-electron chi connectivity index (χ3n) is 2.39. The fourth-order valence-corrected chi connectivity index (χ4v) is 1.71. The number of aromatic amines is 1. The van der Waals surface area contributed by atoms with Crippen molar-refractivity contribution in [2.24, 2.45) is 0 Å². The Bertz CT molecular complexity index is 554. The average molecular weight is 296 g/mol. The Balaban J connectivity index is 3.21. The van der Waals surface area contributed by atoms with Gasteiger partial charge in [0.05, 0.1) is 6.61 Å². The molecule has 0 radical (unpaired) electrons. The maximum atomic E-state index is 12.2. The number of hydrogen-bond donors (Lipinski definition) is 2. The zero-order valence-corrected chi connectivity index (χ0v) is 12.8. The average Bonchev–Trinajstić information content (AvgIpc) is 2.64. The highest BCUT2D eigenvalue weighted by molar-refractivity contribution is 6.29. The molecule has 1 rings (SSSR count). The topological polar surface area (TPSA) is 97.5 Å². The molecule has 0 aliphatic heterocycles. The van der Waals surface area contributed by atoms with E-state index in [4.69, 9.17) is 9.47 Å². The van der Waals surface area contributed by atoms with Crippen LogP contribution in [0.25, 0.3) is 0 Å². The molecule has 0 saturated heterocycles. The molecule has 0 spiro atoms. The summed E-state index contributed by atoms with van der Waals surface area (Å²) in [5.74, 6) is -1.08. The van der Waals surface area contributed by atoms with Gasteiger partial charge in [-0.2, -0.15) is 0 Å². The minimum atomic E-state index is -0.840.